The first-order chi connectivity index (χ1) is 10.7. The van der Waals surface area contributed by atoms with Gasteiger partial charge in [-0.15, -0.1) is 0 Å². The van der Waals surface area contributed by atoms with Crippen LogP contribution in [0.3, 0.4) is 0 Å². The molecule has 0 aliphatic heterocycles. The van der Waals surface area contributed by atoms with Crippen LogP contribution in [-0.2, 0) is 15.8 Å². The summed E-state index contributed by atoms with van der Waals surface area (Å²) >= 11 is 0. The highest BCUT2D eigenvalue weighted by atomic mass is 28.4. The fourth-order valence-corrected chi connectivity index (χ4v) is 3.25. The Balaban J connectivity index is 2.07. The Kier molecular flexibility index (Phi) is 8.52. The van der Waals surface area contributed by atoms with Crippen LogP contribution in [0.4, 0.5) is 0 Å². The minimum Gasteiger partial charge on any atom is -0.417 e. The molecule has 0 aliphatic rings. The largest absolute Gasteiger partial charge is 0.417 e. The maximum Gasteiger partial charge on any atom is 0.191 e. The van der Waals surface area contributed by atoms with Gasteiger partial charge in [0, 0.05) is 13.2 Å². The van der Waals surface area contributed by atoms with Crippen molar-refractivity contribution in [2.24, 2.45) is 5.92 Å². The van der Waals surface area contributed by atoms with Crippen molar-refractivity contribution in [3.63, 3.8) is 0 Å². The Labute approximate surface area is 144 Å². The summed E-state index contributed by atoms with van der Waals surface area (Å²) in [5.41, 5.74) is 1.25. The molecule has 0 saturated heterocycles. The highest BCUT2D eigenvalue weighted by Gasteiger charge is 2.37. The molecule has 0 N–H and O–H groups in total. The van der Waals surface area contributed by atoms with E-state index in [-0.39, 0.29) is 0 Å². The third kappa shape index (κ3) is 8.14. The Morgan fingerprint density at radius 2 is 1.70 bits per heavy atom. The molecule has 0 aromatic heterocycles. The van der Waals surface area contributed by atoms with Crippen molar-refractivity contribution >= 4 is 8.32 Å². The average molecular weight is 337 g/mol. The van der Waals surface area contributed by atoms with Crippen LogP contribution in [0.2, 0.25) is 18.1 Å². The van der Waals surface area contributed by atoms with Crippen molar-refractivity contribution in [3.05, 3.63) is 35.9 Å². The molecule has 0 radical (unpaired) electrons. The molecule has 0 spiro atoms. The normalized spacial score (nSPS) is 14.0. The van der Waals surface area contributed by atoms with Crippen molar-refractivity contribution in [2.75, 3.05) is 13.2 Å². The van der Waals surface area contributed by atoms with E-state index in [0.717, 1.165) is 26.2 Å². The number of ether oxygens (including phenoxy) is 1. The van der Waals surface area contributed by atoms with Gasteiger partial charge in [0.05, 0.1) is 6.61 Å². The molecule has 0 amide bonds. The molecule has 3 heteroatoms. The SMILES string of the molecule is C[C@@H](CCCCOCc1ccccc1)CO[Si](C)(C)C(C)(C)C. The molecule has 132 valence electrons. The summed E-state index contributed by atoms with van der Waals surface area (Å²) < 4.78 is 12.0. The number of rotatable bonds is 10. The summed E-state index contributed by atoms with van der Waals surface area (Å²) in [6.07, 6.45) is 3.58. The molecule has 1 aromatic rings. The van der Waals surface area contributed by atoms with Crippen molar-refractivity contribution in [2.45, 2.75) is 71.7 Å². The lowest BCUT2D eigenvalue weighted by Gasteiger charge is -2.37. The lowest BCUT2D eigenvalue weighted by Crippen LogP contribution is -2.41. The van der Waals surface area contributed by atoms with Crippen LogP contribution in [0, 0.1) is 5.92 Å². The van der Waals surface area contributed by atoms with Crippen LogP contribution in [0.5, 0.6) is 0 Å². The van der Waals surface area contributed by atoms with Gasteiger partial charge in [0.1, 0.15) is 0 Å². The summed E-state index contributed by atoms with van der Waals surface area (Å²) in [7, 11) is -1.59. The minimum absolute atomic E-state index is 0.304. The van der Waals surface area contributed by atoms with Gasteiger partial charge in [0.15, 0.2) is 8.32 Å². The third-order valence-electron chi connectivity index (χ3n) is 4.88. The molecule has 1 rings (SSSR count). The van der Waals surface area contributed by atoms with E-state index < -0.39 is 8.32 Å². The summed E-state index contributed by atoms with van der Waals surface area (Å²) in [4.78, 5) is 0. The van der Waals surface area contributed by atoms with Crippen LogP contribution in [-0.4, -0.2) is 21.5 Å². The molecule has 0 fully saturated rings. The zero-order valence-electron chi connectivity index (χ0n) is 16.0. The molecular weight excluding hydrogens is 300 g/mol. The van der Waals surface area contributed by atoms with E-state index in [2.05, 4.69) is 65.1 Å². The van der Waals surface area contributed by atoms with E-state index in [1.165, 1.54) is 18.4 Å². The Morgan fingerprint density at radius 1 is 1.04 bits per heavy atom. The number of hydrogen-bond acceptors (Lipinski definition) is 2. The average Bonchev–Trinajstić information content (AvgIpc) is 2.48. The van der Waals surface area contributed by atoms with E-state index >= 15 is 0 Å². The maximum absolute atomic E-state index is 6.30. The predicted octanol–water partition coefficient (Wildman–Crippen LogP) is 6.03. The second-order valence-electron chi connectivity index (χ2n) is 8.21. The maximum atomic E-state index is 6.30. The van der Waals surface area contributed by atoms with Gasteiger partial charge < -0.3 is 9.16 Å². The first kappa shape index (κ1) is 20.4. The van der Waals surface area contributed by atoms with Crippen LogP contribution < -0.4 is 0 Å². The van der Waals surface area contributed by atoms with E-state index in [9.17, 15) is 0 Å². The fourth-order valence-electron chi connectivity index (χ4n) is 2.11. The van der Waals surface area contributed by atoms with Crippen LogP contribution in [0.15, 0.2) is 30.3 Å². The van der Waals surface area contributed by atoms with Crippen molar-refractivity contribution in [3.8, 4) is 0 Å². The van der Waals surface area contributed by atoms with E-state index in [0.29, 0.717) is 11.0 Å². The zero-order valence-corrected chi connectivity index (χ0v) is 17.0. The summed E-state index contributed by atoms with van der Waals surface area (Å²) in [5, 5.41) is 0.304. The molecule has 2 nitrogen and oxygen atoms in total. The third-order valence-corrected chi connectivity index (χ3v) is 9.38. The first-order valence-corrected chi connectivity index (χ1v) is 11.9. The topological polar surface area (TPSA) is 18.5 Å². The zero-order chi connectivity index (χ0) is 17.3. The lowest BCUT2D eigenvalue weighted by atomic mass is 10.1. The fraction of sp³-hybridized carbons (Fsp3) is 0.700. The van der Waals surface area contributed by atoms with Gasteiger partial charge in [-0.25, -0.2) is 0 Å². The molecule has 23 heavy (non-hydrogen) atoms. The molecule has 0 unspecified atom stereocenters. The Hall–Kier alpha value is -0.643. The van der Waals surface area contributed by atoms with E-state index in [4.69, 9.17) is 9.16 Å². The van der Waals surface area contributed by atoms with Crippen molar-refractivity contribution < 1.29 is 9.16 Å². The van der Waals surface area contributed by atoms with Crippen LogP contribution in [0.25, 0.3) is 0 Å². The van der Waals surface area contributed by atoms with E-state index in [1.54, 1.807) is 0 Å². The molecule has 1 aromatic carbocycles. The second-order valence-corrected chi connectivity index (χ2v) is 13.0. The highest BCUT2D eigenvalue weighted by Crippen LogP contribution is 2.36. The molecular formula is C20H36O2Si. The van der Waals surface area contributed by atoms with Gasteiger partial charge in [-0.2, -0.15) is 0 Å². The standard InChI is InChI=1S/C20H36O2Si/c1-18(16-22-23(5,6)20(2,3)4)12-10-11-15-21-17-19-13-8-7-9-14-19/h7-9,13-14,18H,10-12,15-17H2,1-6H3/t18-/m0/s1. The minimum atomic E-state index is -1.59. The van der Waals surface area contributed by atoms with Gasteiger partial charge >= 0.3 is 0 Å². The van der Waals surface area contributed by atoms with Gasteiger partial charge in [-0.3, -0.25) is 0 Å². The van der Waals surface area contributed by atoms with Gasteiger partial charge in [0.2, 0.25) is 0 Å². The van der Waals surface area contributed by atoms with Gasteiger partial charge in [-0.1, -0.05) is 64.4 Å². The van der Waals surface area contributed by atoms with Crippen LogP contribution in [0.1, 0.15) is 52.5 Å². The Bertz CT molecular complexity index is 423. The molecule has 0 aliphatic carbocycles. The quantitative estimate of drug-likeness (QED) is 0.383. The van der Waals surface area contributed by atoms with Gasteiger partial charge in [-0.05, 0) is 42.5 Å². The predicted molar refractivity (Wildman–Crippen MR) is 102 cm³/mol. The highest BCUT2D eigenvalue weighted by molar-refractivity contribution is 6.74. The first-order valence-electron chi connectivity index (χ1n) is 8.98. The summed E-state index contributed by atoms with van der Waals surface area (Å²) in [6, 6.07) is 10.4. The number of unbranched alkanes of at least 4 members (excludes halogenated alkanes) is 1. The van der Waals surface area contributed by atoms with E-state index in [1.807, 2.05) is 6.07 Å². The smallest absolute Gasteiger partial charge is 0.191 e. The second kappa shape index (κ2) is 9.60. The van der Waals surface area contributed by atoms with Crippen molar-refractivity contribution in [1.29, 1.82) is 0 Å². The molecule has 1 atom stereocenters. The van der Waals surface area contributed by atoms with Crippen LogP contribution >= 0.6 is 0 Å². The molecule has 0 saturated carbocycles. The Morgan fingerprint density at radius 3 is 2.30 bits per heavy atom. The summed E-state index contributed by atoms with van der Waals surface area (Å²) in [5.74, 6) is 0.637. The monoisotopic (exact) mass is 336 g/mol. The lowest BCUT2D eigenvalue weighted by molar-refractivity contribution is 0.115. The molecule has 0 heterocycles. The van der Waals surface area contributed by atoms with Gasteiger partial charge in [0.25, 0.3) is 0 Å². The molecule has 0 bridgehead atoms. The summed E-state index contributed by atoms with van der Waals surface area (Å²) in [6.45, 7) is 16.3. The van der Waals surface area contributed by atoms with Crippen molar-refractivity contribution in [1.82, 2.24) is 0 Å². The number of hydrogen-bond donors (Lipinski definition) is 0. The number of benzene rings is 1.